The quantitative estimate of drug-likeness (QED) is 0.513. The Morgan fingerprint density at radius 2 is 1.91 bits per heavy atom. The lowest BCUT2D eigenvalue weighted by molar-refractivity contribution is -0.119. The molecule has 1 saturated carbocycles. The van der Waals surface area contributed by atoms with Crippen LogP contribution in [-0.4, -0.2) is 34.7 Å². The van der Waals surface area contributed by atoms with Gasteiger partial charge in [0.15, 0.2) is 0 Å². The summed E-state index contributed by atoms with van der Waals surface area (Å²) in [7, 11) is 0. The SMILES string of the molecule is CC(C)(C)OC(=O)NC(C(=O)Nc1cccc(OC(=O)NCc2cncs2)c1)C1CCCCC1. The summed E-state index contributed by atoms with van der Waals surface area (Å²) in [4.78, 5) is 42.5. The number of anilines is 1. The van der Waals surface area contributed by atoms with Crippen molar-refractivity contribution in [3.63, 3.8) is 0 Å². The number of hydrogen-bond acceptors (Lipinski definition) is 7. The first kappa shape index (κ1) is 25.5. The molecule has 3 N–H and O–H groups in total. The normalized spacial score (nSPS) is 15.1. The Kier molecular flexibility index (Phi) is 8.86. The van der Waals surface area contributed by atoms with Crippen LogP contribution in [0.4, 0.5) is 15.3 Å². The van der Waals surface area contributed by atoms with E-state index in [1.807, 2.05) is 0 Å². The van der Waals surface area contributed by atoms with Gasteiger partial charge in [0.05, 0.1) is 12.1 Å². The molecule has 0 spiro atoms. The Balaban J connectivity index is 1.62. The molecule has 0 bridgehead atoms. The molecule has 1 fully saturated rings. The summed E-state index contributed by atoms with van der Waals surface area (Å²) < 4.78 is 10.7. The van der Waals surface area contributed by atoms with Gasteiger partial charge < -0.3 is 25.4 Å². The number of hydrogen-bond donors (Lipinski definition) is 3. The predicted molar refractivity (Wildman–Crippen MR) is 130 cm³/mol. The number of nitrogens with zero attached hydrogens (tertiary/aromatic N) is 1. The molecule has 3 rings (SSSR count). The summed E-state index contributed by atoms with van der Waals surface area (Å²) in [5.74, 6) is -0.0169. The Morgan fingerprint density at radius 1 is 1.15 bits per heavy atom. The van der Waals surface area contributed by atoms with Gasteiger partial charge in [-0.3, -0.25) is 9.78 Å². The second-order valence-corrected chi connectivity index (χ2v) is 10.2. The van der Waals surface area contributed by atoms with Crippen LogP contribution in [0.2, 0.25) is 0 Å². The fourth-order valence-corrected chi connectivity index (χ4v) is 4.32. The van der Waals surface area contributed by atoms with Crippen LogP contribution >= 0.6 is 11.3 Å². The highest BCUT2D eigenvalue weighted by Gasteiger charge is 2.32. The van der Waals surface area contributed by atoms with Crippen molar-refractivity contribution in [1.29, 1.82) is 0 Å². The van der Waals surface area contributed by atoms with Crippen LogP contribution < -0.4 is 20.7 Å². The summed E-state index contributed by atoms with van der Waals surface area (Å²) in [6, 6.07) is 5.85. The van der Waals surface area contributed by atoms with Crippen LogP contribution in [0.3, 0.4) is 0 Å². The van der Waals surface area contributed by atoms with Crippen molar-refractivity contribution >= 4 is 35.1 Å². The molecule has 1 aromatic heterocycles. The molecule has 0 aliphatic heterocycles. The van der Waals surface area contributed by atoms with E-state index < -0.39 is 23.8 Å². The van der Waals surface area contributed by atoms with E-state index >= 15 is 0 Å². The van der Waals surface area contributed by atoms with E-state index in [9.17, 15) is 14.4 Å². The highest BCUT2D eigenvalue weighted by molar-refractivity contribution is 7.09. The molecule has 2 aromatic rings. The van der Waals surface area contributed by atoms with Crippen LogP contribution in [0.5, 0.6) is 5.75 Å². The molecule has 1 aromatic carbocycles. The van der Waals surface area contributed by atoms with E-state index in [2.05, 4.69) is 20.9 Å². The summed E-state index contributed by atoms with van der Waals surface area (Å²) in [6.07, 6.45) is 5.33. The number of nitrogens with one attached hydrogen (secondary N) is 3. The number of ether oxygens (including phenoxy) is 2. The third-order valence-corrected chi connectivity index (χ3v) is 6.06. The topological polar surface area (TPSA) is 119 Å². The first-order chi connectivity index (χ1) is 16.2. The fraction of sp³-hybridized carbons (Fsp3) is 0.500. The van der Waals surface area contributed by atoms with Gasteiger partial charge >= 0.3 is 12.2 Å². The Bertz CT molecular complexity index is 968. The maximum Gasteiger partial charge on any atom is 0.412 e. The highest BCUT2D eigenvalue weighted by atomic mass is 32.1. The highest BCUT2D eigenvalue weighted by Crippen LogP contribution is 2.28. The second-order valence-electron chi connectivity index (χ2n) is 9.25. The molecule has 0 saturated heterocycles. The van der Waals surface area contributed by atoms with Crippen molar-refractivity contribution < 1.29 is 23.9 Å². The lowest BCUT2D eigenvalue weighted by Crippen LogP contribution is -2.50. The molecule has 9 nitrogen and oxygen atoms in total. The summed E-state index contributed by atoms with van der Waals surface area (Å²) in [5.41, 5.74) is 1.49. The Labute approximate surface area is 203 Å². The van der Waals surface area contributed by atoms with Crippen molar-refractivity contribution in [3.05, 3.63) is 40.8 Å². The van der Waals surface area contributed by atoms with Gasteiger partial charge in [0.25, 0.3) is 0 Å². The first-order valence-electron chi connectivity index (χ1n) is 11.4. The predicted octanol–water partition coefficient (Wildman–Crippen LogP) is 4.84. The van der Waals surface area contributed by atoms with Gasteiger partial charge in [-0.2, -0.15) is 0 Å². The maximum atomic E-state index is 13.2. The zero-order valence-corrected chi connectivity index (χ0v) is 20.6. The number of carbonyl (C=O) groups is 3. The van der Waals surface area contributed by atoms with Crippen LogP contribution in [0.1, 0.15) is 57.8 Å². The van der Waals surface area contributed by atoms with Gasteiger partial charge in [0.1, 0.15) is 17.4 Å². The fourth-order valence-electron chi connectivity index (χ4n) is 3.79. The van der Waals surface area contributed by atoms with Crippen LogP contribution in [0.15, 0.2) is 36.0 Å². The van der Waals surface area contributed by atoms with Crippen LogP contribution in [0.25, 0.3) is 0 Å². The number of rotatable bonds is 7. The third kappa shape index (κ3) is 8.33. The van der Waals surface area contributed by atoms with Gasteiger partial charge in [-0.1, -0.05) is 25.3 Å². The minimum absolute atomic E-state index is 0.0261. The first-order valence-corrected chi connectivity index (χ1v) is 12.3. The largest absolute Gasteiger partial charge is 0.444 e. The van der Waals surface area contributed by atoms with Gasteiger partial charge in [-0.05, 0) is 51.7 Å². The van der Waals surface area contributed by atoms with Crippen molar-refractivity contribution in [2.45, 2.75) is 71.1 Å². The Hall–Kier alpha value is -3.14. The Morgan fingerprint density at radius 3 is 2.59 bits per heavy atom. The molecule has 1 aliphatic carbocycles. The summed E-state index contributed by atoms with van der Waals surface area (Å²) in [6.45, 7) is 5.66. The zero-order valence-electron chi connectivity index (χ0n) is 19.8. The molecule has 1 atom stereocenters. The van der Waals surface area contributed by atoms with Crippen molar-refractivity contribution in [2.75, 3.05) is 5.32 Å². The number of benzene rings is 1. The van der Waals surface area contributed by atoms with Crippen LogP contribution in [0, 0.1) is 5.92 Å². The maximum absolute atomic E-state index is 13.2. The molecule has 184 valence electrons. The number of carbonyl (C=O) groups excluding carboxylic acids is 3. The lowest BCUT2D eigenvalue weighted by Gasteiger charge is -2.31. The van der Waals surface area contributed by atoms with Gasteiger partial charge in [0.2, 0.25) is 5.91 Å². The molecule has 0 radical (unpaired) electrons. The molecular formula is C24H32N4O5S. The molecule has 1 aliphatic rings. The molecule has 3 amide bonds. The van der Waals surface area contributed by atoms with E-state index in [4.69, 9.17) is 9.47 Å². The van der Waals surface area contributed by atoms with E-state index in [-0.39, 0.29) is 17.6 Å². The molecule has 1 unspecified atom stereocenters. The van der Waals surface area contributed by atoms with Gasteiger partial charge in [-0.25, -0.2) is 9.59 Å². The van der Waals surface area contributed by atoms with E-state index in [1.165, 1.54) is 11.3 Å². The van der Waals surface area contributed by atoms with Crippen molar-refractivity contribution in [3.8, 4) is 5.75 Å². The third-order valence-electron chi connectivity index (χ3n) is 5.28. The van der Waals surface area contributed by atoms with Gasteiger partial charge in [-0.15, -0.1) is 11.3 Å². The lowest BCUT2D eigenvalue weighted by atomic mass is 9.83. The smallest absolute Gasteiger partial charge is 0.412 e. The number of amides is 3. The zero-order chi connectivity index (χ0) is 24.6. The monoisotopic (exact) mass is 488 g/mol. The number of thiazole rings is 1. The van der Waals surface area contributed by atoms with Crippen LogP contribution in [-0.2, 0) is 16.1 Å². The average molecular weight is 489 g/mol. The van der Waals surface area contributed by atoms with Gasteiger partial charge in [0, 0.05) is 22.8 Å². The summed E-state index contributed by atoms with van der Waals surface area (Å²) >= 11 is 1.43. The second kappa shape index (κ2) is 11.8. The minimum atomic E-state index is -0.720. The standard InChI is InChI=1S/C24H32N4O5S/c1-24(2,3)33-23(31)28-20(16-8-5-4-6-9-16)21(29)27-17-10-7-11-18(12-17)32-22(30)26-14-19-13-25-15-34-19/h7,10-13,15-16,20H,4-6,8-9,14H2,1-3H3,(H,26,30)(H,27,29)(H,28,31). The molecule has 10 heteroatoms. The minimum Gasteiger partial charge on any atom is -0.444 e. The molecular weight excluding hydrogens is 456 g/mol. The van der Waals surface area contributed by atoms with Crippen molar-refractivity contribution in [1.82, 2.24) is 15.6 Å². The summed E-state index contributed by atoms with van der Waals surface area (Å²) in [5, 5.41) is 8.27. The van der Waals surface area contributed by atoms with E-state index in [0.717, 1.165) is 37.0 Å². The molecule has 34 heavy (non-hydrogen) atoms. The average Bonchev–Trinajstić information content (AvgIpc) is 3.29. The van der Waals surface area contributed by atoms with E-state index in [0.29, 0.717) is 12.2 Å². The number of aromatic nitrogens is 1. The number of alkyl carbamates (subject to hydrolysis) is 1. The van der Waals surface area contributed by atoms with E-state index in [1.54, 1.807) is 56.7 Å². The molecule has 1 heterocycles. The van der Waals surface area contributed by atoms with Crippen molar-refractivity contribution in [2.24, 2.45) is 5.92 Å².